The van der Waals surface area contributed by atoms with Gasteiger partial charge in [0.1, 0.15) is 5.82 Å². The molecule has 0 amide bonds. The molecule has 2 rings (SSSR count). The van der Waals surface area contributed by atoms with Crippen LogP contribution in [0.4, 0.5) is 4.39 Å². The Kier molecular flexibility index (Phi) is 2.55. The number of halogens is 1. The molecule has 1 fully saturated rings. The van der Waals surface area contributed by atoms with Gasteiger partial charge in [-0.1, -0.05) is 25.5 Å². The quantitative estimate of drug-likeness (QED) is 0.778. The van der Waals surface area contributed by atoms with E-state index in [9.17, 15) is 4.39 Å². The summed E-state index contributed by atoms with van der Waals surface area (Å²) in [6.45, 7) is 3.22. The van der Waals surface area contributed by atoms with Crippen molar-refractivity contribution in [2.45, 2.75) is 31.7 Å². The molecule has 76 valence electrons. The fourth-order valence-electron chi connectivity index (χ4n) is 2.24. The average molecular weight is 193 g/mol. The third-order valence-corrected chi connectivity index (χ3v) is 3.07. The van der Waals surface area contributed by atoms with Crippen LogP contribution in [0, 0.1) is 5.82 Å². The molecule has 0 spiro atoms. The van der Waals surface area contributed by atoms with Crippen molar-refractivity contribution in [1.29, 1.82) is 0 Å². The third-order valence-electron chi connectivity index (χ3n) is 3.07. The molecule has 1 nitrogen and oxygen atoms in total. The van der Waals surface area contributed by atoms with Crippen molar-refractivity contribution in [3.63, 3.8) is 0 Å². The Labute approximate surface area is 84.3 Å². The van der Waals surface area contributed by atoms with Crippen LogP contribution in [-0.2, 0) is 5.54 Å². The van der Waals surface area contributed by atoms with E-state index in [-0.39, 0.29) is 11.4 Å². The minimum atomic E-state index is -0.133. The van der Waals surface area contributed by atoms with Crippen molar-refractivity contribution in [3.8, 4) is 0 Å². The van der Waals surface area contributed by atoms with Crippen molar-refractivity contribution in [2.75, 3.05) is 6.54 Å². The minimum absolute atomic E-state index is 0.0663. The molecule has 14 heavy (non-hydrogen) atoms. The molecule has 1 atom stereocenters. The van der Waals surface area contributed by atoms with Gasteiger partial charge in [-0.2, -0.15) is 0 Å². The van der Waals surface area contributed by atoms with Crippen LogP contribution in [0.2, 0.25) is 0 Å². The van der Waals surface area contributed by atoms with Crippen molar-refractivity contribution in [1.82, 2.24) is 5.32 Å². The summed E-state index contributed by atoms with van der Waals surface area (Å²) >= 11 is 0. The first-order chi connectivity index (χ1) is 6.77. The van der Waals surface area contributed by atoms with Gasteiger partial charge in [-0.15, -0.1) is 0 Å². The molecule has 0 radical (unpaired) electrons. The first-order valence-electron chi connectivity index (χ1n) is 5.28. The number of hydrogen-bond donors (Lipinski definition) is 1. The zero-order chi connectivity index (χ0) is 10.0. The molecule has 1 aromatic rings. The van der Waals surface area contributed by atoms with Crippen LogP contribution in [0.15, 0.2) is 24.3 Å². The fraction of sp³-hybridized carbons (Fsp3) is 0.500. The maximum absolute atomic E-state index is 13.1. The van der Waals surface area contributed by atoms with Crippen molar-refractivity contribution in [3.05, 3.63) is 35.6 Å². The highest BCUT2D eigenvalue weighted by molar-refractivity contribution is 5.27. The van der Waals surface area contributed by atoms with E-state index in [2.05, 4.69) is 12.2 Å². The standard InChI is InChI=1S/C12H16FN/c1-2-6-12(7-8-14-12)10-4-3-5-11(13)9-10/h3-5,9,14H,2,6-8H2,1H3. The molecule has 0 aromatic heterocycles. The Morgan fingerprint density at radius 2 is 2.29 bits per heavy atom. The summed E-state index contributed by atoms with van der Waals surface area (Å²) in [6, 6.07) is 6.97. The second kappa shape index (κ2) is 3.70. The van der Waals surface area contributed by atoms with E-state index in [0.717, 1.165) is 31.4 Å². The second-order valence-electron chi connectivity index (χ2n) is 4.02. The van der Waals surface area contributed by atoms with Crippen molar-refractivity contribution < 1.29 is 4.39 Å². The lowest BCUT2D eigenvalue weighted by Crippen LogP contribution is -2.54. The predicted octanol–water partition coefficient (Wildman–Crippen LogP) is 2.81. The molecule has 2 heteroatoms. The van der Waals surface area contributed by atoms with Crippen molar-refractivity contribution in [2.24, 2.45) is 0 Å². The molecule has 1 N–H and O–H groups in total. The number of rotatable bonds is 3. The van der Waals surface area contributed by atoms with Crippen LogP contribution in [-0.4, -0.2) is 6.54 Å². The highest BCUT2D eigenvalue weighted by atomic mass is 19.1. The Hall–Kier alpha value is -0.890. The predicted molar refractivity (Wildman–Crippen MR) is 55.6 cm³/mol. The number of nitrogens with one attached hydrogen (secondary N) is 1. The maximum atomic E-state index is 13.1. The van der Waals surface area contributed by atoms with E-state index >= 15 is 0 Å². The van der Waals surface area contributed by atoms with Gasteiger partial charge in [-0.3, -0.25) is 0 Å². The molecular formula is C12H16FN. The Balaban J connectivity index is 2.27. The monoisotopic (exact) mass is 193 g/mol. The third kappa shape index (κ3) is 1.55. The van der Waals surface area contributed by atoms with Gasteiger partial charge in [0.15, 0.2) is 0 Å². The molecule has 1 aromatic carbocycles. The lowest BCUT2D eigenvalue weighted by Gasteiger charge is -2.44. The van der Waals surface area contributed by atoms with Gasteiger partial charge in [0.2, 0.25) is 0 Å². The summed E-state index contributed by atoms with van der Waals surface area (Å²) in [6.07, 6.45) is 3.35. The van der Waals surface area contributed by atoms with Gasteiger partial charge in [-0.25, -0.2) is 4.39 Å². The summed E-state index contributed by atoms with van der Waals surface area (Å²) in [5.74, 6) is -0.133. The largest absolute Gasteiger partial charge is 0.307 e. The van der Waals surface area contributed by atoms with Gasteiger partial charge < -0.3 is 5.32 Å². The SMILES string of the molecule is CCCC1(c2cccc(F)c2)CCN1. The minimum Gasteiger partial charge on any atom is -0.307 e. The summed E-state index contributed by atoms with van der Waals surface area (Å²) in [7, 11) is 0. The summed E-state index contributed by atoms with van der Waals surface area (Å²) in [4.78, 5) is 0. The van der Waals surface area contributed by atoms with Crippen LogP contribution >= 0.6 is 0 Å². The summed E-state index contributed by atoms with van der Waals surface area (Å²) < 4.78 is 13.1. The Bertz CT molecular complexity index is 318. The molecule has 1 aliphatic heterocycles. The highest BCUT2D eigenvalue weighted by Crippen LogP contribution is 2.35. The normalized spacial score (nSPS) is 25.9. The smallest absolute Gasteiger partial charge is 0.123 e. The van der Waals surface area contributed by atoms with Crippen LogP contribution < -0.4 is 5.32 Å². The van der Waals surface area contributed by atoms with Crippen molar-refractivity contribution >= 4 is 0 Å². The van der Waals surface area contributed by atoms with Gasteiger partial charge in [0.25, 0.3) is 0 Å². The zero-order valence-corrected chi connectivity index (χ0v) is 8.52. The van der Waals surface area contributed by atoms with E-state index in [1.54, 1.807) is 12.1 Å². The van der Waals surface area contributed by atoms with Crippen LogP contribution in [0.1, 0.15) is 31.7 Å². The van der Waals surface area contributed by atoms with Gasteiger partial charge in [0.05, 0.1) is 0 Å². The molecule has 0 saturated carbocycles. The average Bonchev–Trinajstić information content (AvgIpc) is 2.11. The molecule has 1 unspecified atom stereocenters. The van der Waals surface area contributed by atoms with E-state index in [1.807, 2.05) is 6.07 Å². The van der Waals surface area contributed by atoms with E-state index < -0.39 is 0 Å². The molecule has 1 heterocycles. The lowest BCUT2D eigenvalue weighted by molar-refractivity contribution is 0.191. The molecule has 1 saturated heterocycles. The maximum Gasteiger partial charge on any atom is 0.123 e. The van der Waals surface area contributed by atoms with Gasteiger partial charge in [-0.05, 0) is 37.1 Å². The molecule has 0 bridgehead atoms. The highest BCUT2D eigenvalue weighted by Gasteiger charge is 2.37. The molecular weight excluding hydrogens is 177 g/mol. The first kappa shape index (κ1) is 9.66. The van der Waals surface area contributed by atoms with Gasteiger partial charge >= 0.3 is 0 Å². The van der Waals surface area contributed by atoms with Gasteiger partial charge in [0, 0.05) is 5.54 Å². The van der Waals surface area contributed by atoms with E-state index in [4.69, 9.17) is 0 Å². The van der Waals surface area contributed by atoms with E-state index in [1.165, 1.54) is 6.07 Å². The number of benzene rings is 1. The lowest BCUT2D eigenvalue weighted by atomic mass is 9.77. The zero-order valence-electron chi connectivity index (χ0n) is 8.52. The van der Waals surface area contributed by atoms with E-state index in [0.29, 0.717) is 0 Å². The molecule has 1 aliphatic rings. The first-order valence-corrected chi connectivity index (χ1v) is 5.28. The molecule has 0 aliphatic carbocycles. The fourth-order valence-corrected chi connectivity index (χ4v) is 2.24. The Morgan fingerprint density at radius 1 is 1.50 bits per heavy atom. The summed E-state index contributed by atoms with van der Waals surface area (Å²) in [5.41, 5.74) is 1.17. The van der Waals surface area contributed by atoms with Crippen LogP contribution in [0.25, 0.3) is 0 Å². The topological polar surface area (TPSA) is 12.0 Å². The van der Waals surface area contributed by atoms with Crippen LogP contribution in [0.5, 0.6) is 0 Å². The second-order valence-corrected chi connectivity index (χ2v) is 4.02. The number of hydrogen-bond acceptors (Lipinski definition) is 1. The Morgan fingerprint density at radius 3 is 2.79 bits per heavy atom. The van der Waals surface area contributed by atoms with Crippen LogP contribution in [0.3, 0.4) is 0 Å². The summed E-state index contributed by atoms with van der Waals surface area (Å²) in [5, 5.41) is 3.44.